The van der Waals surface area contributed by atoms with Crippen LogP contribution in [0.2, 0.25) is 0 Å². The first kappa shape index (κ1) is 18.8. The molecule has 2 aliphatic rings. The van der Waals surface area contributed by atoms with Crippen LogP contribution < -0.4 is 9.47 Å². The predicted octanol–water partition coefficient (Wildman–Crippen LogP) is 4.80. The third-order valence-electron chi connectivity index (χ3n) is 4.69. The van der Waals surface area contributed by atoms with Gasteiger partial charge in [-0.2, -0.15) is 0 Å². The summed E-state index contributed by atoms with van der Waals surface area (Å²) >= 11 is 6.79. The van der Waals surface area contributed by atoms with Crippen molar-refractivity contribution in [2.75, 3.05) is 7.11 Å². The van der Waals surface area contributed by atoms with Crippen molar-refractivity contribution in [2.45, 2.75) is 19.6 Å². The van der Waals surface area contributed by atoms with Crippen molar-refractivity contribution in [3.05, 3.63) is 76.2 Å². The van der Waals surface area contributed by atoms with Crippen molar-refractivity contribution < 1.29 is 14.3 Å². The maximum Gasteiger partial charge on any atom is 0.266 e. The van der Waals surface area contributed by atoms with Gasteiger partial charge in [0.1, 0.15) is 21.9 Å². The molecule has 1 amide bonds. The molecule has 4 rings (SSSR count). The maximum absolute atomic E-state index is 12.9. The zero-order valence-electron chi connectivity index (χ0n) is 15.5. The van der Waals surface area contributed by atoms with Crippen molar-refractivity contribution in [3.8, 4) is 11.5 Å². The number of rotatable bonds is 4. The quantitative estimate of drug-likeness (QED) is 0.536. The summed E-state index contributed by atoms with van der Waals surface area (Å²) in [5.74, 6) is 1.57. The molecule has 6 heteroatoms. The van der Waals surface area contributed by atoms with E-state index in [0.717, 1.165) is 28.2 Å². The number of fused-ring (bicyclic) bond motifs is 1. The molecule has 28 heavy (non-hydrogen) atoms. The van der Waals surface area contributed by atoms with Crippen LogP contribution in [0.1, 0.15) is 18.1 Å². The molecular weight excluding hydrogens is 390 g/mol. The number of nitrogens with zero attached hydrogens (tertiary/aromatic N) is 1. The molecular formula is C22H19NO3S2. The molecule has 1 saturated heterocycles. The van der Waals surface area contributed by atoms with Crippen LogP contribution in [-0.4, -0.2) is 28.3 Å². The van der Waals surface area contributed by atoms with Crippen LogP contribution in [0.4, 0.5) is 0 Å². The highest BCUT2D eigenvalue weighted by Crippen LogP contribution is 2.36. The van der Waals surface area contributed by atoms with E-state index >= 15 is 0 Å². The van der Waals surface area contributed by atoms with E-state index in [1.54, 1.807) is 12.0 Å². The normalized spacial score (nSPS) is 20.1. The molecule has 0 spiro atoms. The smallest absolute Gasteiger partial charge is 0.266 e. The van der Waals surface area contributed by atoms with Gasteiger partial charge in [-0.15, -0.1) is 0 Å². The van der Waals surface area contributed by atoms with Gasteiger partial charge < -0.3 is 9.47 Å². The molecule has 2 aromatic carbocycles. The van der Waals surface area contributed by atoms with Gasteiger partial charge in [-0.1, -0.05) is 54.3 Å². The lowest BCUT2D eigenvalue weighted by molar-refractivity contribution is -0.122. The Labute approximate surface area is 173 Å². The lowest BCUT2D eigenvalue weighted by atomic mass is 10.0. The second-order valence-corrected chi connectivity index (χ2v) is 8.23. The minimum Gasteiger partial charge on any atom is -0.497 e. The van der Waals surface area contributed by atoms with Crippen LogP contribution in [0.5, 0.6) is 11.5 Å². The number of carbonyl (C=O) groups excluding carboxylic acids is 1. The maximum atomic E-state index is 12.9. The molecule has 1 fully saturated rings. The van der Waals surface area contributed by atoms with Gasteiger partial charge >= 0.3 is 0 Å². The molecule has 2 aliphatic heterocycles. The number of amides is 1. The van der Waals surface area contributed by atoms with Gasteiger partial charge in [-0.25, -0.2) is 0 Å². The summed E-state index contributed by atoms with van der Waals surface area (Å²) in [5, 5.41) is 0. The topological polar surface area (TPSA) is 38.8 Å². The van der Waals surface area contributed by atoms with Crippen molar-refractivity contribution in [1.82, 2.24) is 4.90 Å². The van der Waals surface area contributed by atoms with Gasteiger partial charge in [0.05, 0.1) is 18.6 Å². The Bertz CT molecular complexity index is 995. The fourth-order valence-corrected chi connectivity index (χ4v) is 4.38. The van der Waals surface area contributed by atoms with Gasteiger partial charge in [0.2, 0.25) is 0 Å². The minimum atomic E-state index is -0.125. The van der Waals surface area contributed by atoms with Gasteiger partial charge in [0, 0.05) is 5.56 Å². The second-order valence-electron chi connectivity index (χ2n) is 6.56. The molecule has 0 radical (unpaired) electrons. The van der Waals surface area contributed by atoms with E-state index in [9.17, 15) is 4.79 Å². The van der Waals surface area contributed by atoms with Crippen molar-refractivity contribution in [1.29, 1.82) is 0 Å². The highest BCUT2D eigenvalue weighted by molar-refractivity contribution is 8.26. The van der Waals surface area contributed by atoms with Crippen molar-refractivity contribution >= 4 is 40.3 Å². The van der Waals surface area contributed by atoms with E-state index in [2.05, 4.69) is 6.08 Å². The van der Waals surface area contributed by atoms with Gasteiger partial charge in [0.15, 0.2) is 0 Å². The van der Waals surface area contributed by atoms with E-state index in [1.807, 2.05) is 61.5 Å². The Kier molecular flexibility index (Phi) is 5.24. The van der Waals surface area contributed by atoms with Crippen LogP contribution in [0.3, 0.4) is 0 Å². The summed E-state index contributed by atoms with van der Waals surface area (Å²) in [7, 11) is 1.63. The van der Waals surface area contributed by atoms with Crippen LogP contribution in [0, 0.1) is 0 Å². The lowest BCUT2D eigenvalue weighted by Crippen LogP contribution is -2.27. The van der Waals surface area contributed by atoms with Crippen molar-refractivity contribution in [2.24, 2.45) is 0 Å². The predicted molar refractivity (Wildman–Crippen MR) is 116 cm³/mol. The number of ether oxygens (including phenoxy) is 2. The third-order valence-corrected chi connectivity index (χ3v) is 6.06. The monoisotopic (exact) mass is 409 g/mol. The van der Waals surface area contributed by atoms with Gasteiger partial charge in [0.25, 0.3) is 5.91 Å². The number of thioether (sulfide) groups is 1. The Morgan fingerprint density at radius 2 is 1.96 bits per heavy atom. The zero-order valence-corrected chi connectivity index (χ0v) is 17.2. The molecule has 2 aromatic rings. The highest BCUT2D eigenvalue weighted by atomic mass is 32.2. The largest absolute Gasteiger partial charge is 0.497 e. The molecule has 1 atom stereocenters. The molecule has 0 unspecified atom stereocenters. The van der Waals surface area contributed by atoms with E-state index in [0.29, 0.717) is 15.8 Å². The number of para-hydroxylation sites is 1. The lowest BCUT2D eigenvalue weighted by Gasteiger charge is -2.23. The zero-order chi connectivity index (χ0) is 19.7. The van der Waals surface area contributed by atoms with Gasteiger partial charge in [-0.05, 0) is 48.4 Å². The van der Waals surface area contributed by atoms with Crippen LogP contribution in [-0.2, 0) is 11.3 Å². The first-order valence-electron chi connectivity index (χ1n) is 8.91. The third kappa shape index (κ3) is 3.70. The number of benzene rings is 2. The standard InChI is InChI=1S/C22H19NO3S2/c1-14-17(11-16-5-3-4-6-19(16)26-14)12-20-21(24)23(22(27)28-20)13-15-7-9-18(25-2)10-8-15/h3-12,14H,13H2,1-2H3/b20-12+/t14-/m0/s1. The van der Waals surface area contributed by atoms with E-state index < -0.39 is 0 Å². The number of carbonyl (C=O) groups is 1. The molecule has 0 aliphatic carbocycles. The minimum absolute atomic E-state index is 0.0715. The Balaban J connectivity index is 1.55. The average Bonchev–Trinajstić information content (AvgIpc) is 2.96. The summed E-state index contributed by atoms with van der Waals surface area (Å²) in [4.78, 5) is 15.2. The number of methoxy groups -OCH3 is 1. The SMILES string of the molecule is COc1ccc(CN2C(=O)/C(=C\C3=Cc4ccccc4O[C@H]3C)SC2=S)cc1. The Morgan fingerprint density at radius 3 is 2.71 bits per heavy atom. The first-order chi connectivity index (χ1) is 13.5. The number of hydrogen-bond acceptors (Lipinski definition) is 5. The summed E-state index contributed by atoms with van der Waals surface area (Å²) < 4.78 is 11.7. The average molecular weight is 410 g/mol. The number of hydrogen-bond donors (Lipinski definition) is 0. The van der Waals surface area contributed by atoms with Crippen LogP contribution in [0.15, 0.2) is 65.1 Å². The molecule has 0 aromatic heterocycles. The number of thiocarbonyl (C=S) groups is 1. The van der Waals surface area contributed by atoms with E-state index in [4.69, 9.17) is 21.7 Å². The van der Waals surface area contributed by atoms with Crippen LogP contribution >= 0.6 is 24.0 Å². The van der Waals surface area contributed by atoms with E-state index in [1.165, 1.54) is 11.8 Å². The van der Waals surface area contributed by atoms with Gasteiger partial charge in [-0.3, -0.25) is 9.69 Å². The van der Waals surface area contributed by atoms with Crippen molar-refractivity contribution in [3.63, 3.8) is 0 Å². The Morgan fingerprint density at radius 1 is 1.21 bits per heavy atom. The fourth-order valence-electron chi connectivity index (χ4n) is 3.12. The molecule has 142 valence electrons. The summed E-state index contributed by atoms with van der Waals surface area (Å²) in [6.45, 7) is 2.43. The van der Waals surface area contributed by atoms with E-state index in [-0.39, 0.29) is 12.0 Å². The second kappa shape index (κ2) is 7.81. The molecule has 4 nitrogen and oxygen atoms in total. The molecule has 2 heterocycles. The van der Waals surface area contributed by atoms with Crippen LogP contribution in [0.25, 0.3) is 6.08 Å². The Hall–Kier alpha value is -2.57. The summed E-state index contributed by atoms with van der Waals surface area (Å²) in [6, 6.07) is 15.5. The summed E-state index contributed by atoms with van der Waals surface area (Å²) in [6.07, 6.45) is 3.84. The molecule has 0 saturated carbocycles. The highest BCUT2D eigenvalue weighted by Gasteiger charge is 2.33. The summed E-state index contributed by atoms with van der Waals surface area (Å²) in [5.41, 5.74) is 2.98. The first-order valence-corrected chi connectivity index (χ1v) is 10.1. The fraction of sp³-hybridized carbons (Fsp3) is 0.182. The molecule has 0 N–H and O–H groups in total. The molecule has 0 bridgehead atoms.